The molecule has 0 aliphatic heterocycles. The van der Waals surface area contributed by atoms with Gasteiger partial charge in [0, 0.05) is 6.04 Å². The van der Waals surface area contributed by atoms with Gasteiger partial charge < -0.3 is 15.7 Å². The fourth-order valence-corrected chi connectivity index (χ4v) is 1.31. The lowest BCUT2D eigenvalue weighted by molar-refractivity contribution is -0.143. The van der Waals surface area contributed by atoms with Crippen molar-refractivity contribution in [2.45, 2.75) is 58.5 Å². The Morgan fingerprint density at radius 1 is 1.38 bits per heavy atom. The molecule has 0 aliphatic rings. The van der Waals surface area contributed by atoms with Crippen molar-refractivity contribution in [3.05, 3.63) is 0 Å². The third-order valence-corrected chi connectivity index (χ3v) is 2.67. The lowest BCUT2D eigenvalue weighted by atomic mass is 10.00. The van der Waals surface area contributed by atoms with Crippen molar-refractivity contribution in [2.75, 3.05) is 0 Å². The highest BCUT2D eigenvalue weighted by Gasteiger charge is 2.32. The first-order chi connectivity index (χ1) is 7.35. The van der Waals surface area contributed by atoms with Crippen LogP contribution in [-0.4, -0.2) is 28.7 Å². The summed E-state index contributed by atoms with van der Waals surface area (Å²) in [6, 6.07) is -0.368. The number of carbonyl (C=O) groups is 2. The molecule has 0 aromatic heterocycles. The van der Waals surface area contributed by atoms with Crippen LogP contribution in [0.5, 0.6) is 0 Å². The molecule has 2 atom stereocenters. The van der Waals surface area contributed by atoms with Crippen LogP contribution in [0.25, 0.3) is 0 Å². The molecule has 0 saturated heterocycles. The van der Waals surface area contributed by atoms with E-state index in [-0.39, 0.29) is 6.04 Å². The maximum atomic E-state index is 11.5. The normalized spacial score (nSPS) is 16.0. The third-order valence-electron chi connectivity index (χ3n) is 2.67. The van der Waals surface area contributed by atoms with Gasteiger partial charge in [-0.05, 0) is 26.7 Å². The van der Waals surface area contributed by atoms with Crippen LogP contribution in [0.3, 0.4) is 0 Å². The first-order valence-corrected chi connectivity index (χ1v) is 5.67. The summed E-state index contributed by atoms with van der Waals surface area (Å²) in [7, 11) is 0. The van der Waals surface area contributed by atoms with Gasteiger partial charge in [0.1, 0.15) is 5.54 Å². The third kappa shape index (κ3) is 4.51. The molecule has 0 rings (SSSR count). The molecule has 0 aliphatic carbocycles. The van der Waals surface area contributed by atoms with E-state index in [1.54, 1.807) is 6.92 Å². The molecule has 0 aromatic carbocycles. The van der Waals surface area contributed by atoms with Crippen LogP contribution < -0.4 is 10.6 Å². The fourth-order valence-electron chi connectivity index (χ4n) is 1.31. The minimum absolute atomic E-state index is 0.0555. The van der Waals surface area contributed by atoms with Crippen molar-refractivity contribution >= 4 is 12.0 Å². The summed E-state index contributed by atoms with van der Waals surface area (Å²) in [5, 5.41) is 14.2. The summed E-state index contributed by atoms with van der Waals surface area (Å²) in [4.78, 5) is 22.5. The molecular formula is C11H22N2O3. The lowest BCUT2D eigenvalue weighted by Gasteiger charge is -2.25. The molecule has 3 N–H and O–H groups in total. The Labute approximate surface area is 96.6 Å². The Morgan fingerprint density at radius 2 is 1.94 bits per heavy atom. The van der Waals surface area contributed by atoms with Crippen LogP contribution in [-0.2, 0) is 4.79 Å². The molecule has 94 valence electrons. The van der Waals surface area contributed by atoms with E-state index in [9.17, 15) is 9.59 Å². The van der Waals surface area contributed by atoms with Crippen LogP contribution in [0.4, 0.5) is 4.79 Å². The average Bonchev–Trinajstić information content (AvgIpc) is 2.17. The quantitative estimate of drug-likeness (QED) is 0.650. The SMILES string of the molecule is CCCC(C)NC(=O)NC(C)(CC)C(=O)O. The van der Waals surface area contributed by atoms with Crippen LogP contribution in [0.2, 0.25) is 0 Å². The Bertz CT molecular complexity index is 256. The Morgan fingerprint density at radius 3 is 2.31 bits per heavy atom. The molecule has 0 spiro atoms. The monoisotopic (exact) mass is 230 g/mol. The zero-order valence-corrected chi connectivity index (χ0v) is 10.5. The van der Waals surface area contributed by atoms with Crippen molar-refractivity contribution in [3.63, 3.8) is 0 Å². The molecule has 0 fully saturated rings. The van der Waals surface area contributed by atoms with Gasteiger partial charge in [-0.1, -0.05) is 20.3 Å². The van der Waals surface area contributed by atoms with Crippen molar-refractivity contribution in [2.24, 2.45) is 0 Å². The van der Waals surface area contributed by atoms with Crippen molar-refractivity contribution in [3.8, 4) is 0 Å². The molecule has 0 saturated carbocycles. The second-order valence-electron chi connectivity index (χ2n) is 4.28. The molecule has 0 radical (unpaired) electrons. The second-order valence-corrected chi connectivity index (χ2v) is 4.28. The number of carboxylic acid groups (broad SMARTS) is 1. The number of urea groups is 1. The maximum Gasteiger partial charge on any atom is 0.329 e. The van der Waals surface area contributed by atoms with E-state index in [1.165, 1.54) is 6.92 Å². The van der Waals surface area contributed by atoms with Gasteiger partial charge >= 0.3 is 12.0 Å². The second kappa shape index (κ2) is 6.35. The number of rotatable bonds is 6. The lowest BCUT2D eigenvalue weighted by Crippen LogP contribution is -2.56. The number of hydrogen-bond acceptors (Lipinski definition) is 2. The molecule has 16 heavy (non-hydrogen) atoms. The summed E-state index contributed by atoms with van der Waals surface area (Å²) in [6.07, 6.45) is 2.20. The van der Waals surface area contributed by atoms with Crippen LogP contribution in [0.1, 0.15) is 47.0 Å². The van der Waals surface area contributed by atoms with Crippen LogP contribution >= 0.6 is 0 Å². The molecule has 0 aromatic rings. The predicted molar refractivity (Wildman–Crippen MR) is 62.4 cm³/mol. The first kappa shape index (κ1) is 14.7. The van der Waals surface area contributed by atoms with Gasteiger partial charge in [-0.25, -0.2) is 9.59 Å². The Balaban J connectivity index is 4.27. The van der Waals surface area contributed by atoms with E-state index >= 15 is 0 Å². The number of amides is 2. The maximum absolute atomic E-state index is 11.5. The highest BCUT2D eigenvalue weighted by atomic mass is 16.4. The van der Waals surface area contributed by atoms with E-state index in [2.05, 4.69) is 10.6 Å². The van der Waals surface area contributed by atoms with Crippen LogP contribution in [0, 0.1) is 0 Å². The van der Waals surface area contributed by atoms with E-state index in [0.717, 1.165) is 12.8 Å². The van der Waals surface area contributed by atoms with Gasteiger partial charge in [0.25, 0.3) is 0 Å². The predicted octanol–water partition coefficient (Wildman–Crippen LogP) is 1.73. The first-order valence-electron chi connectivity index (χ1n) is 5.67. The van der Waals surface area contributed by atoms with Gasteiger partial charge in [-0.3, -0.25) is 0 Å². The summed E-state index contributed by atoms with van der Waals surface area (Å²) >= 11 is 0. The number of carbonyl (C=O) groups excluding carboxylic acids is 1. The molecule has 0 bridgehead atoms. The average molecular weight is 230 g/mol. The molecule has 0 heterocycles. The number of hydrogen-bond donors (Lipinski definition) is 3. The summed E-state index contributed by atoms with van der Waals surface area (Å²) < 4.78 is 0. The van der Waals surface area contributed by atoms with Gasteiger partial charge in [0.15, 0.2) is 0 Å². The van der Waals surface area contributed by atoms with E-state index in [4.69, 9.17) is 5.11 Å². The molecule has 5 nitrogen and oxygen atoms in total. The Hall–Kier alpha value is -1.26. The Kier molecular flexibility index (Phi) is 5.85. The van der Waals surface area contributed by atoms with Crippen molar-refractivity contribution in [1.82, 2.24) is 10.6 Å². The minimum Gasteiger partial charge on any atom is -0.480 e. The van der Waals surface area contributed by atoms with Crippen LogP contribution in [0.15, 0.2) is 0 Å². The zero-order valence-electron chi connectivity index (χ0n) is 10.5. The standard InChI is InChI=1S/C11H22N2O3/c1-5-7-8(3)12-10(16)13-11(4,6-2)9(14)15/h8H,5-7H2,1-4H3,(H,14,15)(H2,12,13,16). The highest BCUT2D eigenvalue weighted by molar-refractivity contribution is 5.85. The largest absolute Gasteiger partial charge is 0.480 e. The zero-order chi connectivity index (χ0) is 12.8. The number of aliphatic carboxylic acids is 1. The number of nitrogens with one attached hydrogen (secondary N) is 2. The molecule has 2 amide bonds. The topological polar surface area (TPSA) is 78.4 Å². The van der Waals surface area contributed by atoms with E-state index < -0.39 is 17.5 Å². The van der Waals surface area contributed by atoms with E-state index in [1.807, 2.05) is 13.8 Å². The van der Waals surface area contributed by atoms with Gasteiger partial charge in [0.2, 0.25) is 0 Å². The smallest absolute Gasteiger partial charge is 0.329 e. The molecular weight excluding hydrogens is 208 g/mol. The van der Waals surface area contributed by atoms with Gasteiger partial charge in [-0.15, -0.1) is 0 Å². The highest BCUT2D eigenvalue weighted by Crippen LogP contribution is 2.09. The van der Waals surface area contributed by atoms with Gasteiger partial charge in [-0.2, -0.15) is 0 Å². The summed E-state index contributed by atoms with van der Waals surface area (Å²) in [5.74, 6) is -1.02. The van der Waals surface area contributed by atoms with Gasteiger partial charge in [0.05, 0.1) is 0 Å². The molecule has 2 unspecified atom stereocenters. The summed E-state index contributed by atoms with van der Waals surface area (Å²) in [6.45, 7) is 7.15. The minimum atomic E-state index is -1.20. The fraction of sp³-hybridized carbons (Fsp3) is 0.818. The van der Waals surface area contributed by atoms with Crippen molar-refractivity contribution in [1.29, 1.82) is 0 Å². The number of carboxylic acids is 1. The van der Waals surface area contributed by atoms with E-state index in [0.29, 0.717) is 6.42 Å². The summed E-state index contributed by atoms with van der Waals surface area (Å²) in [5.41, 5.74) is -1.20. The molecule has 5 heteroatoms. The van der Waals surface area contributed by atoms with Crippen molar-refractivity contribution < 1.29 is 14.7 Å².